The van der Waals surface area contributed by atoms with Gasteiger partial charge in [-0.2, -0.15) is 21.6 Å². The van der Waals surface area contributed by atoms with E-state index in [0.717, 1.165) is 18.2 Å². The highest BCUT2D eigenvalue weighted by Gasteiger charge is 2.32. The van der Waals surface area contributed by atoms with Gasteiger partial charge in [-0.15, -0.1) is 11.3 Å². The van der Waals surface area contributed by atoms with E-state index in [2.05, 4.69) is 0 Å². The van der Waals surface area contributed by atoms with Gasteiger partial charge in [-0.05, 0) is 61.7 Å². The van der Waals surface area contributed by atoms with E-state index >= 15 is 0 Å². The molecule has 0 aliphatic rings. The van der Waals surface area contributed by atoms with E-state index in [1.165, 1.54) is 28.6 Å². The predicted molar refractivity (Wildman–Crippen MR) is 146 cm³/mol. The van der Waals surface area contributed by atoms with Gasteiger partial charge in [-0.25, -0.2) is 0 Å². The van der Waals surface area contributed by atoms with Gasteiger partial charge >= 0.3 is 16.3 Å². The standard InChI is InChI=1S/C28H27F3N2O5S2/c1-3-32(4-2)22-13-12-20(18-33(19-23-9-6-14-37-23)27(34)26-11-7-15-39-26)25(17-22)38-40(35,36)24-10-5-8-21(16-24)28(29,30)31/h5-17H,3-4,18-19H2,1-2H3. The van der Waals surface area contributed by atoms with Crippen molar-refractivity contribution >= 4 is 33.0 Å². The summed E-state index contributed by atoms with van der Waals surface area (Å²) < 4.78 is 77.2. The molecule has 2 heterocycles. The molecule has 0 radical (unpaired) electrons. The van der Waals surface area contributed by atoms with E-state index in [1.807, 2.05) is 18.7 Å². The van der Waals surface area contributed by atoms with Crippen molar-refractivity contribution in [2.24, 2.45) is 0 Å². The van der Waals surface area contributed by atoms with Crippen LogP contribution in [0.25, 0.3) is 0 Å². The number of hydrogen-bond donors (Lipinski definition) is 0. The van der Waals surface area contributed by atoms with Gasteiger partial charge in [0.1, 0.15) is 16.4 Å². The number of alkyl halides is 3. The monoisotopic (exact) mass is 592 g/mol. The topological polar surface area (TPSA) is 80.1 Å². The minimum absolute atomic E-state index is 0.0522. The molecular formula is C28H27F3N2O5S2. The predicted octanol–water partition coefficient (Wildman–Crippen LogP) is 6.82. The highest BCUT2D eigenvalue weighted by atomic mass is 32.2. The number of amides is 1. The maximum atomic E-state index is 13.4. The molecule has 2 aromatic heterocycles. The van der Waals surface area contributed by atoms with Crippen LogP contribution in [-0.4, -0.2) is 32.3 Å². The average Bonchev–Trinajstić information content (AvgIpc) is 3.64. The molecule has 212 valence electrons. The minimum atomic E-state index is -4.73. The zero-order chi connectivity index (χ0) is 28.9. The van der Waals surface area contributed by atoms with Crippen molar-refractivity contribution in [2.75, 3.05) is 18.0 Å². The molecule has 0 saturated heterocycles. The van der Waals surface area contributed by atoms with E-state index in [0.29, 0.717) is 41.0 Å². The summed E-state index contributed by atoms with van der Waals surface area (Å²) in [6.45, 7) is 5.16. The minimum Gasteiger partial charge on any atom is -0.467 e. The molecule has 0 atom stereocenters. The van der Waals surface area contributed by atoms with Gasteiger partial charge in [-0.1, -0.05) is 18.2 Å². The van der Waals surface area contributed by atoms with E-state index in [9.17, 15) is 26.4 Å². The fourth-order valence-electron chi connectivity index (χ4n) is 4.08. The fourth-order valence-corrected chi connectivity index (χ4v) is 5.78. The van der Waals surface area contributed by atoms with Crippen LogP contribution in [0.3, 0.4) is 0 Å². The second-order valence-corrected chi connectivity index (χ2v) is 11.2. The van der Waals surface area contributed by atoms with Crippen LogP contribution >= 0.6 is 11.3 Å². The summed E-state index contributed by atoms with van der Waals surface area (Å²) in [7, 11) is -4.66. The maximum Gasteiger partial charge on any atom is 0.416 e. The highest BCUT2D eigenvalue weighted by Crippen LogP contribution is 2.33. The van der Waals surface area contributed by atoms with Crippen LogP contribution in [0.4, 0.5) is 18.9 Å². The second-order valence-electron chi connectivity index (χ2n) is 8.75. The van der Waals surface area contributed by atoms with Crippen molar-refractivity contribution in [3.63, 3.8) is 0 Å². The molecular weight excluding hydrogens is 565 g/mol. The Morgan fingerprint density at radius 2 is 1.75 bits per heavy atom. The first kappa shape index (κ1) is 29.2. The van der Waals surface area contributed by atoms with Gasteiger partial charge in [0.05, 0.1) is 29.8 Å². The van der Waals surface area contributed by atoms with Gasteiger partial charge < -0.3 is 18.4 Å². The summed E-state index contributed by atoms with van der Waals surface area (Å²) in [6.07, 6.45) is -3.24. The molecule has 7 nitrogen and oxygen atoms in total. The molecule has 4 rings (SSSR count). The Hall–Kier alpha value is -3.77. The molecule has 2 aromatic carbocycles. The van der Waals surface area contributed by atoms with Crippen molar-refractivity contribution in [2.45, 2.75) is 38.0 Å². The molecule has 0 N–H and O–H groups in total. The fraction of sp³-hybridized carbons (Fsp3) is 0.250. The van der Waals surface area contributed by atoms with Crippen molar-refractivity contribution in [1.82, 2.24) is 4.90 Å². The highest BCUT2D eigenvalue weighted by molar-refractivity contribution is 7.87. The molecule has 0 fully saturated rings. The normalized spacial score (nSPS) is 11.8. The number of halogens is 3. The van der Waals surface area contributed by atoms with Crippen LogP contribution in [0.15, 0.2) is 87.7 Å². The number of anilines is 1. The number of carbonyl (C=O) groups is 1. The Kier molecular flexibility index (Phi) is 8.89. The first-order chi connectivity index (χ1) is 19.0. The quantitative estimate of drug-likeness (QED) is 0.178. The lowest BCUT2D eigenvalue weighted by Crippen LogP contribution is -2.30. The average molecular weight is 593 g/mol. The number of nitrogens with zero attached hydrogens (tertiary/aromatic N) is 2. The molecule has 12 heteroatoms. The number of furan rings is 1. The lowest BCUT2D eigenvalue weighted by molar-refractivity contribution is -0.137. The van der Waals surface area contributed by atoms with Crippen LogP contribution in [-0.2, 0) is 29.4 Å². The number of thiophene rings is 1. The van der Waals surface area contributed by atoms with Gasteiger partial charge in [0.15, 0.2) is 0 Å². The summed E-state index contributed by atoms with van der Waals surface area (Å²) in [5.41, 5.74) is -0.103. The third-order valence-electron chi connectivity index (χ3n) is 6.14. The lowest BCUT2D eigenvalue weighted by atomic mass is 10.1. The van der Waals surface area contributed by atoms with E-state index in [1.54, 1.807) is 41.8 Å². The smallest absolute Gasteiger partial charge is 0.416 e. The Bertz CT molecular complexity index is 1530. The first-order valence-electron chi connectivity index (χ1n) is 12.4. The third kappa shape index (κ3) is 6.86. The number of carbonyl (C=O) groups excluding carboxylic acids is 1. The second kappa shape index (κ2) is 12.2. The van der Waals surface area contributed by atoms with Gasteiger partial charge in [-0.3, -0.25) is 4.79 Å². The molecule has 0 saturated carbocycles. The molecule has 4 aromatic rings. The van der Waals surface area contributed by atoms with Crippen molar-refractivity contribution in [1.29, 1.82) is 0 Å². The van der Waals surface area contributed by atoms with Crippen LogP contribution < -0.4 is 9.08 Å². The third-order valence-corrected chi connectivity index (χ3v) is 8.22. The molecule has 0 spiro atoms. The maximum absolute atomic E-state index is 13.4. The van der Waals surface area contributed by atoms with Crippen molar-refractivity contribution < 1.29 is 35.0 Å². The first-order valence-corrected chi connectivity index (χ1v) is 14.7. The van der Waals surface area contributed by atoms with E-state index in [4.69, 9.17) is 8.60 Å². The summed E-state index contributed by atoms with van der Waals surface area (Å²) >= 11 is 1.26. The van der Waals surface area contributed by atoms with Crippen LogP contribution in [0, 0.1) is 0 Å². The van der Waals surface area contributed by atoms with Crippen LogP contribution in [0.5, 0.6) is 5.75 Å². The Balaban J connectivity index is 1.74. The number of hydrogen-bond acceptors (Lipinski definition) is 7. The Morgan fingerprint density at radius 3 is 2.38 bits per heavy atom. The molecule has 0 unspecified atom stereocenters. The molecule has 0 bridgehead atoms. The van der Waals surface area contributed by atoms with Crippen molar-refractivity contribution in [3.8, 4) is 5.75 Å². The summed E-state index contributed by atoms with van der Waals surface area (Å²) in [5.74, 6) is 0.125. The van der Waals surface area contributed by atoms with Crippen molar-refractivity contribution in [3.05, 3.63) is 100 Å². The van der Waals surface area contributed by atoms with Gasteiger partial charge in [0.25, 0.3) is 5.91 Å². The van der Waals surface area contributed by atoms with E-state index < -0.39 is 26.8 Å². The SMILES string of the molecule is CCN(CC)c1ccc(CN(Cc2ccco2)C(=O)c2cccs2)c(OS(=O)(=O)c2cccc(C(F)(F)F)c2)c1. The zero-order valence-electron chi connectivity index (χ0n) is 21.7. The molecule has 0 aliphatic carbocycles. The number of benzene rings is 2. The summed E-state index contributed by atoms with van der Waals surface area (Å²) in [6, 6.07) is 15.2. The largest absolute Gasteiger partial charge is 0.467 e. The zero-order valence-corrected chi connectivity index (χ0v) is 23.4. The Labute approximate surface area is 234 Å². The molecule has 40 heavy (non-hydrogen) atoms. The van der Waals surface area contributed by atoms with Crippen LogP contribution in [0.1, 0.15) is 40.4 Å². The van der Waals surface area contributed by atoms with Gasteiger partial charge in [0.2, 0.25) is 0 Å². The number of rotatable bonds is 11. The molecule has 1 amide bonds. The van der Waals surface area contributed by atoms with Gasteiger partial charge in [0, 0.05) is 30.4 Å². The summed E-state index contributed by atoms with van der Waals surface area (Å²) in [5, 5.41) is 1.77. The Morgan fingerprint density at radius 1 is 0.975 bits per heavy atom. The van der Waals surface area contributed by atoms with E-state index in [-0.39, 0.29) is 24.7 Å². The summed E-state index contributed by atoms with van der Waals surface area (Å²) in [4.78, 5) is 16.7. The lowest BCUT2D eigenvalue weighted by Gasteiger charge is -2.25. The molecule has 0 aliphatic heterocycles. The van der Waals surface area contributed by atoms with Crippen LogP contribution in [0.2, 0.25) is 0 Å².